The van der Waals surface area contributed by atoms with Crippen LogP contribution >= 0.6 is 11.8 Å². The Bertz CT molecular complexity index is 99.4. The van der Waals surface area contributed by atoms with Crippen molar-refractivity contribution < 1.29 is 5.11 Å². The molecule has 1 nitrogen and oxygen atoms in total. The maximum Gasteiger partial charge on any atom is 0.0650 e. The van der Waals surface area contributed by atoms with E-state index in [1.807, 2.05) is 11.8 Å². The third-order valence-corrected chi connectivity index (χ3v) is 2.95. The first-order valence-electron chi connectivity index (χ1n) is 4.07. The SMILES string of the molecule is CCSCCCC1(O)CC1. The lowest BCUT2D eigenvalue weighted by Crippen LogP contribution is -2.05. The molecule has 0 aromatic carbocycles. The van der Waals surface area contributed by atoms with Crippen LogP contribution in [0, 0.1) is 0 Å². The summed E-state index contributed by atoms with van der Waals surface area (Å²) in [6.45, 7) is 2.18. The fourth-order valence-corrected chi connectivity index (χ4v) is 1.68. The highest BCUT2D eigenvalue weighted by Crippen LogP contribution is 2.39. The normalized spacial score (nSPS) is 21.0. The van der Waals surface area contributed by atoms with Gasteiger partial charge in [0.1, 0.15) is 0 Å². The van der Waals surface area contributed by atoms with Crippen molar-refractivity contribution in [1.82, 2.24) is 0 Å². The van der Waals surface area contributed by atoms with E-state index < -0.39 is 0 Å². The molecule has 0 unspecified atom stereocenters. The summed E-state index contributed by atoms with van der Waals surface area (Å²) in [4.78, 5) is 0. The van der Waals surface area contributed by atoms with Gasteiger partial charge >= 0.3 is 0 Å². The van der Waals surface area contributed by atoms with Gasteiger partial charge in [0.2, 0.25) is 0 Å². The summed E-state index contributed by atoms with van der Waals surface area (Å²) in [6, 6.07) is 0. The third kappa shape index (κ3) is 2.93. The van der Waals surface area contributed by atoms with E-state index in [-0.39, 0.29) is 5.60 Å². The average Bonchev–Trinajstić information content (AvgIpc) is 2.62. The highest BCUT2D eigenvalue weighted by atomic mass is 32.2. The van der Waals surface area contributed by atoms with E-state index in [1.54, 1.807) is 0 Å². The Kier molecular flexibility index (Phi) is 3.05. The molecule has 60 valence electrons. The number of hydrogen-bond donors (Lipinski definition) is 1. The molecular weight excluding hydrogens is 144 g/mol. The molecule has 0 atom stereocenters. The first-order chi connectivity index (χ1) is 4.77. The number of thioether (sulfide) groups is 1. The summed E-state index contributed by atoms with van der Waals surface area (Å²) >= 11 is 1.97. The molecule has 2 heteroatoms. The quantitative estimate of drug-likeness (QED) is 0.621. The van der Waals surface area contributed by atoms with Crippen molar-refractivity contribution in [3.05, 3.63) is 0 Å². The molecule has 0 aliphatic heterocycles. The van der Waals surface area contributed by atoms with Crippen LogP contribution in [0.3, 0.4) is 0 Å². The fraction of sp³-hybridized carbons (Fsp3) is 1.00. The molecule has 0 radical (unpaired) electrons. The van der Waals surface area contributed by atoms with Crippen LogP contribution in [0.1, 0.15) is 32.6 Å². The standard InChI is InChI=1S/C8H16OS/c1-2-10-7-3-4-8(9)5-6-8/h9H,2-7H2,1H3. The zero-order valence-corrected chi connectivity index (χ0v) is 7.41. The Balaban J connectivity index is 1.86. The lowest BCUT2D eigenvalue weighted by atomic mass is 10.2. The largest absolute Gasteiger partial charge is 0.390 e. The van der Waals surface area contributed by atoms with Gasteiger partial charge in [-0.05, 0) is 37.2 Å². The highest BCUT2D eigenvalue weighted by Gasteiger charge is 2.39. The van der Waals surface area contributed by atoms with E-state index in [0.717, 1.165) is 19.3 Å². The number of hydrogen-bond acceptors (Lipinski definition) is 2. The first kappa shape index (κ1) is 8.41. The molecule has 10 heavy (non-hydrogen) atoms. The molecule has 0 bridgehead atoms. The molecule has 1 saturated carbocycles. The van der Waals surface area contributed by atoms with E-state index in [0.29, 0.717) is 0 Å². The summed E-state index contributed by atoms with van der Waals surface area (Å²) in [5.41, 5.74) is -0.214. The topological polar surface area (TPSA) is 20.2 Å². The van der Waals surface area contributed by atoms with Crippen LogP contribution in [0.15, 0.2) is 0 Å². The molecule has 0 heterocycles. The molecule has 0 amide bonds. The Morgan fingerprint density at radius 3 is 2.70 bits per heavy atom. The minimum absolute atomic E-state index is 0.214. The van der Waals surface area contributed by atoms with Gasteiger partial charge in [-0.3, -0.25) is 0 Å². The van der Waals surface area contributed by atoms with Gasteiger partial charge in [-0.15, -0.1) is 0 Å². The van der Waals surface area contributed by atoms with Gasteiger partial charge in [0.25, 0.3) is 0 Å². The van der Waals surface area contributed by atoms with Gasteiger partial charge in [-0.1, -0.05) is 6.92 Å². The first-order valence-corrected chi connectivity index (χ1v) is 5.22. The van der Waals surface area contributed by atoms with Crippen LogP contribution in [0.25, 0.3) is 0 Å². The van der Waals surface area contributed by atoms with Gasteiger partial charge in [-0.2, -0.15) is 11.8 Å². The minimum Gasteiger partial charge on any atom is -0.390 e. The van der Waals surface area contributed by atoms with Crippen LogP contribution in [-0.2, 0) is 0 Å². The molecule has 0 spiro atoms. The summed E-state index contributed by atoms with van der Waals surface area (Å²) in [7, 11) is 0. The maximum absolute atomic E-state index is 9.42. The average molecular weight is 160 g/mol. The zero-order valence-electron chi connectivity index (χ0n) is 6.60. The van der Waals surface area contributed by atoms with Crippen LogP contribution in [0.2, 0.25) is 0 Å². The lowest BCUT2D eigenvalue weighted by molar-refractivity contribution is 0.139. The highest BCUT2D eigenvalue weighted by molar-refractivity contribution is 7.99. The van der Waals surface area contributed by atoms with Crippen molar-refractivity contribution >= 4 is 11.8 Å². The van der Waals surface area contributed by atoms with Crippen molar-refractivity contribution in [2.45, 2.75) is 38.2 Å². The zero-order chi connectivity index (χ0) is 7.45. The van der Waals surface area contributed by atoms with Gasteiger partial charge in [0, 0.05) is 0 Å². The number of rotatable bonds is 5. The second-order valence-electron chi connectivity index (χ2n) is 3.02. The van der Waals surface area contributed by atoms with Crippen LogP contribution in [-0.4, -0.2) is 22.2 Å². The summed E-state index contributed by atoms with van der Waals surface area (Å²) < 4.78 is 0. The van der Waals surface area contributed by atoms with Crippen molar-refractivity contribution in [3.63, 3.8) is 0 Å². The predicted molar refractivity (Wildman–Crippen MR) is 46.4 cm³/mol. The summed E-state index contributed by atoms with van der Waals surface area (Å²) in [5, 5.41) is 9.42. The van der Waals surface area contributed by atoms with E-state index in [2.05, 4.69) is 6.92 Å². The van der Waals surface area contributed by atoms with Gasteiger partial charge in [0.05, 0.1) is 5.60 Å². The van der Waals surface area contributed by atoms with Crippen molar-refractivity contribution in [1.29, 1.82) is 0 Å². The smallest absolute Gasteiger partial charge is 0.0650 e. The molecular formula is C8H16OS. The van der Waals surface area contributed by atoms with Gasteiger partial charge in [0.15, 0.2) is 0 Å². The van der Waals surface area contributed by atoms with Crippen LogP contribution in [0.5, 0.6) is 0 Å². The number of aliphatic hydroxyl groups is 1. The molecule has 1 rings (SSSR count). The van der Waals surface area contributed by atoms with Crippen LogP contribution < -0.4 is 0 Å². The van der Waals surface area contributed by atoms with Crippen molar-refractivity contribution in [3.8, 4) is 0 Å². The predicted octanol–water partition coefficient (Wildman–Crippen LogP) is 2.04. The minimum atomic E-state index is -0.214. The third-order valence-electron chi connectivity index (χ3n) is 1.96. The molecule has 1 aliphatic rings. The van der Waals surface area contributed by atoms with Gasteiger partial charge < -0.3 is 5.11 Å². The second-order valence-corrected chi connectivity index (χ2v) is 4.42. The molecule has 1 fully saturated rings. The molecule has 0 aromatic rings. The summed E-state index contributed by atoms with van der Waals surface area (Å²) in [6.07, 6.45) is 4.31. The van der Waals surface area contributed by atoms with Crippen molar-refractivity contribution in [2.24, 2.45) is 0 Å². The van der Waals surface area contributed by atoms with E-state index in [9.17, 15) is 5.11 Å². The van der Waals surface area contributed by atoms with Crippen molar-refractivity contribution in [2.75, 3.05) is 11.5 Å². The lowest BCUT2D eigenvalue weighted by Gasteiger charge is -2.04. The van der Waals surface area contributed by atoms with E-state index >= 15 is 0 Å². The molecule has 0 saturated heterocycles. The molecule has 0 aromatic heterocycles. The second kappa shape index (κ2) is 3.63. The Morgan fingerprint density at radius 1 is 1.50 bits per heavy atom. The van der Waals surface area contributed by atoms with Gasteiger partial charge in [-0.25, -0.2) is 0 Å². The summed E-state index contributed by atoms with van der Waals surface area (Å²) in [5.74, 6) is 2.43. The fourth-order valence-electron chi connectivity index (χ4n) is 1.04. The Morgan fingerprint density at radius 2 is 2.20 bits per heavy atom. The van der Waals surface area contributed by atoms with E-state index in [4.69, 9.17) is 0 Å². The van der Waals surface area contributed by atoms with E-state index in [1.165, 1.54) is 17.9 Å². The maximum atomic E-state index is 9.42. The Hall–Kier alpha value is 0.310. The Labute approximate surface area is 67.2 Å². The van der Waals surface area contributed by atoms with Crippen LogP contribution in [0.4, 0.5) is 0 Å². The molecule has 1 aliphatic carbocycles. The monoisotopic (exact) mass is 160 g/mol. The molecule has 1 N–H and O–H groups in total.